The van der Waals surface area contributed by atoms with E-state index in [-0.39, 0.29) is 0 Å². The van der Waals surface area contributed by atoms with E-state index in [1.54, 1.807) is 0 Å². The molecule has 0 radical (unpaired) electrons. The Bertz CT molecular complexity index is 777. The van der Waals surface area contributed by atoms with Crippen molar-refractivity contribution in [2.24, 2.45) is 0 Å². The molecular formula is C28H46F5O2P. The standard InChI is InChI=1S/C28H46F5O2P/c1-5-9-13-14-15-16-17-21-36(18-10-6-2,19-11-7-3,20-12-8-4)35-28(34)22-23(29)25(31)27(33)26(32)24(22)30/h5-21H2,1-4H3. The van der Waals surface area contributed by atoms with Crippen LogP contribution < -0.4 is 0 Å². The Balaban J connectivity index is 3.44. The summed E-state index contributed by atoms with van der Waals surface area (Å²) < 4.78 is 76.8. The monoisotopic (exact) mass is 540 g/mol. The molecule has 0 aliphatic heterocycles. The first-order valence-electron chi connectivity index (χ1n) is 13.9. The molecule has 0 fully saturated rings. The van der Waals surface area contributed by atoms with Gasteiger partial charge in [-0.1, -0.05) is 0 Å². The third-order valence-electron chi connectivity index (χ3n) is 7.31. The van der Waals surface area contributed by atoms with Crippen LogP contribution in [0, 0.1) is 29.1 Å². The molecule has 0 N–H and O–H groups in total. The van der Waals surface area contributed by atoms with Gasteiger partial charge in [-0.3, -0.25) is 0 Å². The number of carbonyl (C=O) groups is 1. The van der Waals surface area contributed by atoms with Crippen LogP contribution in [0.15, 0.2) is 0 Å². The summed E-state index contributed by atoms with van der Waals surface area (Å²) in [5.74, 6) is -12.2. The third kappa shape index (κ3) is 8.67. The summed E-state index contributed by atoms with van der Waals surface area (Å²) in [5, 5.41) is 0. The van der Waals surface area contributed by atoms with Crippen LogP contribution in [-0.4, -0.2) is 30.6 Å². The van der Waals surface area contributed by atoms with Gasteiger partial charge in [-0.2, -0.15) is 0 Å². The molecular weight excluding hydrogens is 494 g/mol. The number of halogens is 5. The SMILES string of the molecule is CCCCCCCCCP(CCCC)(CCCC)(CCCC)OC(=O)c1c(F)c(F)c(F)c(F)c1F. The fourth-order valence-corrected chi connectivity index (χ4v) is 11.7. The van der Waals surface area contributed by atoms with Gasteiger partial charge >= 0.3 is 215 Å². The van der Waals surface area contributed by atoms with E-state index in [1.807, 2.05) is 20.8 Å². The Morgan fingerprint density at radius 3 is 1.28 bits per heavy atom. The van der Waals surface area contributed by atoms with Gasteiger partial charge in [0, 0.05) is 0 Å². The summed E-state index contributed by atoms with van der Waals surface area (Å²) in [5.41, 5.74) is -1.47. The molecule has 0 aliphatic rings. The van der Waals surface area contributed by atoms with Crippen molar-refractivity contribution in [1.29, 1.82) is 0 Å². The van der Waals surface area contributed by atoms with Crippen molar-refractivity contribution in [3.63, 3.8) is 0 Å². The second-order valence-electron chi connectivity index (χ2n) is 10.3. The van der Waals surface area contributed by atoms with E-state index in [2.05, 4.69) is 6.92 Å². The van der Waals surface area contributed by atoms with E-state index >= 15 is 0 Å². The van der Waals surface area contributed by atoms with Crippen LogP contribution in [0.3, 0.4) is 0 Å². The van der Waals surface area contributed by atoms with Gasteiger partial charge in [0.1, 0.15) is 0 Å². The first kappa shape index (κ1) is 32.8. The normalized spacial score (nSPS) is 13.0. The number of rotatable bonds is 19. The summed E-state index contributed by atoms with van der Waals surface area (Å²) in [6.07, 6.45) is 14.9. The molecule has 0 saturated carbocycles. The van der Waals surface area contributed by atoms with Crippen LogP contribution in [0.25, 0.3) is 0 Å². The Morgan fingerprint density at radius 2 is 0.861 bits per heavy atom. The van der Waals surface area contributed by atoms with Crippen molar-refractivity contribution in [2.75, 3.05) is 24.6 Å². The van der Waals surface area contributed by atoms with Gasteiger partial charge in [0.2, 0.25) is 0 Å². The van der Waals surface area contributed by atoms with Gasteiger partial charge < -0.3 is 0 Å². The molecule has 0 amide bonds. The maximum atomic E-state index is 14.6. The molecule has 1 rings (SSSR count). The molecule has 0 atom stereocenters. The summed E-state index contributed by atoms with van der Waals surface area (Å²) in [6.45, 7) is 4.91. The van der Waals surface area contributed by atoms with Gasteiger partial charge in [-0.15, -0.1) is 0 Å². The van der Waals surface area contributed by atoms with E-state index in [9.17, 15) is 26.7 Å². The Hall–Kier alpha value is -1.23. The Morgan fingerprint density at radius 1 is 0.528 bits per heavy atom. The van der Waals surface area contributed by atoms with E-state index in [1.165, 1.54) is 12.8 Å². The molecule has 210 valence electrons. The van der Waals surface area contributed by atoms with Gasteiger partial charge in [0.25, 0.3) is 0 Å². The average molecular weight is 541 g/mol. The minimum atomic E-state index is -3.35. The molecule has 1 aromatic carbocycles. The predicted molar refractivity (Wildman–Crippen MR) is 141 cm³/mol. The maximum absolute atomic E-state index is 14.6. The van der Waals surface area contributed by atoms with E-state index in [4.69, 9.17) is 4.52 Å². The minimum absolute atomic E-state index is 0.624. The van der Waals surface area contributed by atoms with Gasteiger partial charge in [0.05, 0.1) is 0 Å². The molecule has 0 unspecified atom stereocenters. The van der Waals surface area contributed by atoms with Crippen molar-refractivity contribution in [2.45, 2.75) is 111 Å². The predicted octanol–water partition coefficient (Wildman–Crippen LogP) is 10.2. The van der Waals surface area contributed by atoms with E-state index in [0.29, 0.717) is 24.6 Å². The zero-order chi connectivity index (χ0) is 27.2. The zero-order valence-electron chi connectivity index (χ0n) is 22.7. The number of benzene rings is 1. The topological polar surface area (TPSA) is 26.3 Å². The van der Waals surface area contributed by atoms with E-state index < -0.39 is 47.4 Å². The molecule has 2 nitrogen and oxygen atoms in total. The molecule has 0 saturated heterocycles. The number of carbonyl (C=O) groups excluding carboxylic acids is 1. The number of unbranched alkanes of at least 4 members (excludes halogenated alkanes) is 9. The first-order chi connectivity index (χ1) is 17.1. The summed E-state index contributed by atoms with van der Waals surface area (Å²) in [6, 6.07) is 0. The van der Waals surface area contributed by atoms with Crippen molar-refractivity contribution >= 4 is 12.8 Å². The number of hydrogen-bond acceptors (Lipinski definition) is 2. The first-order valence-corrected chi connectivity index (χ1v) is 16.8. The summed E-state index contributed by atoms with van der Waals surface area (Å²) in [7, 11) is 0. The molecule has 0 aliphatic carbocycles. The van der Waals surface area contributed by atoms with Gasteiger partial charge in [0.15, 0.2) is 0 Å². The summed E-state index contributed by atoms with van der Waals surface area (Å²) >= 11 is 0. The van der Waals surface area contributed by atoms with Crippen molar-refractivity contribution in [3.8, 4) is 0 Å². The van der Waals surface area contributed by atoms with Gasteiger partial charge in [-0.25, -0.2) is 0 Å². The Labute approximate surface area is 214 Å². The van der Waals surface area contributed by atoms with Crippen LogP contribution in [0.4, 0.5) is 22.0 Å². The molecule has 36 heavy (non-hydrogen) atoms. The number of hydrogen-bond donors (Lipinski definition) is 0. The third-order valence-corrected chi connectivity index (χ3v) is 13.8. The van der Waals surface area contributed by atoms with Gasteiger partial charge in [-0.05, 0) is 0 Å². The average Bonchev–Trinajstić information content (AvgIpc) is 2.87. The Kier molecular flexibility index (Phi) is 14.5. The van der Waals surface area contributed by atoms with Crippen LogP contribution >= 0.6 is 6.83 Å². The second-order valence-corrected chi connectivity index (χ2v) is 15.9. The molecule has 0 spiro atoms. The van der Waals surface area contributed by atoms with Crippen molar-refractivity contribution in [3.05, 3.63) is 34.6 Å². The van der Waals surface area contributed by atoms with E-state index in [0.717, 1.165) is 70.6 Å². The van der Waals surface area contributed by atoms with Crippen LogP contribution in [0.1, 0.15) is 122 Å². The molecule has 1 aromatic rings. The molecule has 0 bridgehead atoms. The second kappa shape index (κ2) is 15.9. The van der Waals surface area contributed by atoms with Crippen LogP contribution in [0.2, 0.25) is 0 Å². The van der Waals surface area contributed by atoms with Crippen LogP contribution in [-0.2, 0) is 4.52 Å². The van der Waals surface area contributed by atoms with Crippen molar-refractivity contribution < 1.29 is 31.3 Å². The van der Waals surface area contributed by atoms with Crippen LogP contribution in [0.5, 0.6) is 0 Å². The molecule has 8 heteroatoms. The summed E-state index contributed by atoms with van der Waals surface area (Å²) in [4.78, 5) is 13.3. The molecule has 0 heterocycles. The zero-order valence-corrected chi connectivity index (χ0v) is 23.6. The fraction of sp³-hybridized carbons (Fsp3) is 0.750. The fourth-order valence-electron chi connectivity index (χ4n) is 5.06. The van der Waals surface area contributed by atoms with Crippen molar-refractivity contribution in [1.82, 2.24) is 0 Å². The molecule has 0 aromatic heterocycles. The quantitative estimate of drug-likeness (QED) is 0.0574.